The van der Waals surface area contributed by atoms with Crippen molar-refractivity contribution in [1.29, 1.82) is 0 Å². The summed E-state index contributed by atoms with van der Waals surface area (Å²) in [4.78, 5) is 0.362. The average molecular weight is 500 g/mol. The summed E-state index contributed by atoms with van der Waals surface area (Å²) < 4.78 is 29.5. The van der Waals surface area contributed by atoms with Gasteiger partial charge in [0.25, 0.3) is 0 Å². The summed E-state index contributed by atoms with van der Waals surface area (Å²) in [7, 11) is -3.87. The van der Waals surface area contributed by atoms with E-state index >= 15 is 0 Å². The molecular weight excluding hydrogens is 471 g/mol. The predicted octanol–water partition coefficient (Wildman–Crippen LogP) is 4.72. The first-order chi connectivity index (χ1) is 14.9. The molecule has 0 aromatic heterocycles. The summed E-state index contributed by atoms with van der Waals surface area (Å²) >= 11 is -0.289. The number of benzene rings is 3. The van der Waals surface area contributed by atoms with E-state index in [1.165, 1.54) is 0 Å². The van der Waals surface area contributed by atoms with E-state index in [2.05, 4.69) is 0 Å². The van der Waals surface area contributed by atoms with Crippen molar-refractivity contribution in [2.45, 2.75) is 44.1 Å². The number of hydrogen-bond acceptors (Lipinski definition) is 3. The van der Waals surface area contributed by atoms with Crippen LogP contribution in [0.3, 0.4) is 0 Å². The van der Waals surface area contributed by atoms with Crippen molar-refractivity contribution < 1.29 is 13.5 Å². The minimum atomic E-state index is -3.87. The van der Waals surface area contributed by atoms with Crippen molar-refractivity contribution in [2.24, 2.45) is 0 Å². The second-order valence-corrected chi connectivity index (χ2v) is 11.6. The molecule has 0 saturated heterocycles. The summed E-state index contributed by atoms with van der Waals surface area (Å²) in [5.41, 5.74) is 1.83. The fourth-order valence-corrected chi connectivity index (χ4v) is 7.91. The number of aryl methyl sites for hydroxylation is 1. The predicted molar refractivity (Wildman–Crippen MR) is 129 cm³/mol. The van der Waals surface area contributed by atoms with Crippen LogP contribution in [0.2, 0.25) is 0 Å². The van der Waals surface area contributed by atoms with Crippen LogP contribution in [0.15, 0.2) is 94.7 Å². The van der Waals surface area contributed by atoms with Crippen LogP contribution in [0.1, 0.15) is 37.3 Å². The Labute approximate surface area is 191 Å². The fraction of sp³-hybridized carbons (Fsp3) is 0.231. The molecule has 3 aromatic carbocycles. The average Bonchev–Trinajstić information content (AvgIpc) is 2.78. The van der Waals surface area contributed by atoms with Crippen molar-refractivity contribution in [3.05, 3.63) is 101 Å². The zero-order valence-electron chi connectivity index (χ0n) is 17.9. The van der Waals surface area contributed by atoms with Crippen molar-refractivity contribution in [3.8, 4) is 0 Å². The van der Waals surface area contributed by atoms with Gasteiger partial charge in [0.05, 0.1) is 0 Å². The van der Waals surface area contributed by atoms with Crippen LogP contribution in [0.25, 0.3) is 4.47 Å². The first kappa shape index (κ1) is 23.5. The first-order valence-electron chi connectivity index (χ1n) is 10.5. The van der Waals surface area contributed by atoms with Crippen LogP contribution in [-0.4, -0.2) is 34.6 Å². The van der Waals surface area contributed by atoms with Gasteiger partial charge in [-0.25, -0.2) is 0 Å². The van der Waals surface area contributed by atoms with Crippen LogP contribution in [0, 0.1) is 6.92 Å². The number of aliphatic hydroxyl groups is 1. The van der Waals surface area contributed by atoms with Crippen molar-refractivity contribution in [3.63, 3.8) is 0 Å². The van der Waals surface area contributed by atoms with Gasteiger partial charge in [-0.05, 0) is 0 Å². The molecule has 0 heterocycles. The van der Waals surface area contributed by atoms with Crippen molar-refractivity contribution in [2.75, 3.05) is 0 Å². The first-order valence-corrected chi connectivity index (χ1v) is 13.7. The number of unbranched alkanes of at least 4 members (excludes halogenated alkanes) is 1. The van der Waals surface area contributed by atoms with E-state index in [9.17, 15) is 13.5 Å². The topological polar surface area (TPSA) is 54.4 Å². The second-order valence-electron chi connectivity index (χ2n) is 7.45. The van der Waals surface area contributed by atoms with Gasteiger partial charge in [-0.1, -0.05) is 0 Å². The molecule has 31 heavy (non-hydrogen) atoms. The zero-order chi connectivity index (χ0) is 22.3. The summed E-state index contributed by atoms with van der Waals surface area (Å²) in [5.74, 6) is 0. The van der Waals surface area contributed by atoms with Gasteiger partial charge in [-0.15, -0.1) is 0 Å². The van der Waals surface area contributed by atoms with E-state index < -0.39 is 15.9 Å². The monoisotopic (exact) mass is 500 g/mol. The molecule has 5 heteroatoms. The SMILES string of the molecule is CCCCC(O)/C(=C(/[Se]c1ccccc1)c1ccccc1)S(=O)(=O)c1ccc(C)cc1. The van der Waals surface area contributed by atoms with E-state index in [4.69, 9.17) is 0 Å². The fourth-order valence-electron chi connectivity index (χ4n) is 3.27. The molecule has 1 N–H and O–H groups in total. The van der Waals surface area contributed by atoms with Gasteiger partial charge in [-0.2, -0.15) is 0 Å². The van der Waals surface area contributed by atoms with E-state index in [1.807, 2.05) is 74.5 Å². The van der Waals surface area contributed by atoms with Gasteiger partial charge in [-0.3, -0.25) is 0 Å². The minimum absolute atomic E-state index is 0.139. The Kier molecular flexibility index (Phi) is 8.28. The molecule has 0 aliphatic rings. The van der Waals surface area contributed by atoms with Crippen molar-refractivity contribution in [1.82, 2.24) is 0 Å². The molecule has 162 valence electrons. The zero-order valence-corrected chi connectivity index (χ0v) is 20.4. The quantitative estimate of drug-likeness (QED) is 0.434. The Morgan fingerprint density at radius 1 is 0.903 bits per heavy atom. The Morgan fingerprint density at radius 3 is 2.06 bits per heavy atom. The van der Waals surface area contributed by atoms with E-state index in [1.54, 1.807) is 24.3 Å². The second kappa shape index (κ2) is 10.9. The molecule has 0 aliphatic carbocycles. The Balaban J connectivity index is 2.25. The van der Waals surface area contributed by atoms with Gasteiger partial charge >= 0.3 is 192 Å². The molecular formula is C26H28O3SSe. The third-order valence-corrected chi connectivity index (χ3v) is 9.67. The van der Waals surface area contributed by atoms with E-state index in [0.717, 1.165) is 28.4 Å². The third-order valence-electron chi connectivity index (χ3n) is 4.98. The Bertz CT molecular complexity index is 1110. The number of rotatable bonds is 9. The van der Waals surface area contributed by atoms with E-state index in [0.29, 0.717) is 10.9 Å². The van der Waals surface area contributed by atoms with Gasteiger partial charge in [0.1, 0.15) is 0 Å². The molecule has 0 radical (unpaired) electrons. The molecule has 0 saturated carbocycles. The number of sulfone groups is 1. The van der Waals surface area contributed by atoms with Crippen LogP contribution in [-0.2, 0) is 9.84 Å². The van der Waals surface area contributed by atoms with Gasteiger partial charge in [0.2, 0.25) is 0 Å². The molecule has 0 aliphatic heterocycles. The van der Waals surface area contributed by atoms with Crippen molar-refractivity contribution >= 4 is 33.7 Å². The molecule has 3 nitrogen and oxygen atoms in total. The van der Waals surface area contributed by atoms with Crippen LogP contribution < -0.4 is 4.46 Å². The molecule has 3 rings (SSSR count). The maximum absolute atomic E-state index is 13.8. The maximum atomic E-state index is 13.8. The molecule has 3 aromatic rings. The standard InChI is InChI=1S/C26H28O3SSe/c1-3-4-15-24(27)25(30(28,29)22-18-16-20(2)17-19-22)26(21-11-7-5-8-12-21)31-23-13-9-6-10-14-23/h5-14,16-19,24,27H,3-4,15H2,1-2H3/b26-25-. The molecule has 0 amide bonds. The molecule has 1 atom stereocenters. The van der Waals surface area contributed by atoms with Gasteiger partial charge in [0, 0.05) is 0 Å². The molecule has 1 unspecified atom stereocenters. The third kappa shape index (κ3) is 5.96. The van der Waals surface area contributed by atoms with Crippen LogP contribution >= 0.6 is 0 Å². The number of hydrogen-bond donors (Lipinski definition) is 1. The summed E-state index contributed by atoms with van der Waals surface area (Å²) in [6.07, 6.45) is 1.01. The van der Waals surface area contributed by atoms with E-state index in [-0.39, 0.29) is 24.8 Å². The Morgan fingerprint density at radius 2 is 1.48 bits per heavy atom. The summed E-state index contributed by atoms with van der Waals surface area (Å²) in [6.45, 7) is 3.97. The molecule has 0 fully saturated rings. The summed E-state index contributed by atoms with van der Waals surface area (Å²) in [5, 5.41) is 11.2. The van der Waals surface area contributed by atoms with Gasteiger partial charge < -0.3 is 0 Å². The Hall–Kier alpha value is -2.17. The normalized spacial score (nSPS) is 13.5. The molecule has 0 spiro atoms. The van der Waals surface area contributed by atoms with Crippen LogP contribution in [0.4, 0.5) is 0 Å². The summed E-state index contributed by atoms with van der Waals surface area (Å²) in [6, 6.07) is 26.3. The molecule has 0 bridgehead atoms. The number of aliphatic hydroxyl groups excluding tert-OH is 1. The van der Waals surface area contributed by atoms with Gasteiger partial charge in [0.15, 0.2) is 0 Å². The van der Waals surface area contributed by atoms with Crippen LogP contribution in [0.5, 0.6) is 0 Å².